The summed E-state index contributed by atoms with van der Waals surface area (Å²) in [6.07, 6.45) is 3.83. The summed E-state index contributed by atoms with van der Waals surface area (Å²) in [6, 6.07) is 1.70. The Morgan fingerprint density at radius 1 is 1.52 bits per heavy atom. The molecule has 118 valence electrons. The highest BCUT2D eigenvalue weighted by Crippen LogP contribution is 2.31. The predicted molar refractivity (Wildman–Crippen MR) is 79.1 cm³/mol. The second kappa shape index (κ2) is 6.62. The molecule has 0 saturated heterocycles. The lowest BCUT2D eigenvalue weighted by Gasteiger charge is -2.35. The minimum atomic E-state index is -0.612. The Labute approximate surface area is 125 Å². The second-order valence-electron chi connectivity index (χ2n) is 6.18. The predicted octanol–water partition coefficient (Wildman–Crippen LogP) is 2.41. The van der Waals surface area contributed by atoms with Gasteiger partial charge in [-0.05, 0) is 44.6 Å². The number of ether oxygens (including phenoxy) is 1. The van der Waals surface area contributed by atoms with Crippen LogP contribution in [0.3, 0.4) is 0 Å². The topological polar surface area (TPSA) is 71.7 Å². The van der Waals surface area contributed by atoms with Crippen LogP contribution in [0.5, 0.6) is 0 Å². The van der Waals surface area contributed by atoms with Crippen LogP contribution in [-0.2, 0) is 11.3 Å². The van der Waals surface area contributed by atoms with E-state index in [9.17, 15) is 9.90 Å². The average molecular weight is 295 g/mol. The zero-order valence-corrected chi connectivity index (χ0v) is 13.1. The van der Waals surface area contributed by atoms with Crippen LogP contribution in [0, 0.1) is 12.8 Å². The number of carbonyl (C=O) groups excluding carboxylic acids is 1. The van der Waals surface area contributed by atoms with Crippen LogP contribution in [0.25, 0.3) is 0 Å². The summed E-state index contributed by atoms with van der Waals surface area (Å²) in [4.78, 5) is 11.5. The monoisotopic (exact) mass is 295 g/mol. The van der Waals surface area contributed by atoms with Crippen molar-refractivity contribution < 1.29 is 19.1 Å². The Bertz CT molecular complexity index is 486. The second-order valence-corrected chi connectivity index (χ2v) is 6.18. The van der Waals surface area contributed by atoms with Crippen LogP contribution in [0.1, 0.15) is 54.5 Å². The highest BCUT2D eigenvalue weighted by atomic mass is 16.5. The summed E-state index contributed by atoms with van der Waals surface area (Å²) < 4.78 is 10.2. The minimum Gasteiger partial charge on any atom is -0.465 e. The molecule has 0 aromatic carbocycles. The molecule has 1 saturated carbocycles. The number of methoxy groups -OCH3 is 1. The van der Waals surface area contributed by atoms with Gasteiger partial charge in [-0.2, -0.15) is 0 Å². The van der Waals surface area contributed by atoms with Gasteiger partial charge in [0, 0.05) is 6.54 Å². The van der Waals surface area contributed by atoms with Crippen molar-refractivity contribution >= 4 is 5.97 Å². The van der Waals surface area contributed by atoms with Gasteiger partial charge in [0.05, 0.1) is 19.3 Å². The van der Waals surface area contributed by atoms with E-state index in [1.54, 1.807) is 13.0 Å². The molecule has 21 heavy (non-hydrogen) atoms. The first-order valence-electron chi connectivity index (χ1n) is 7.54. The Kier molecular flexibility index (Phi) is 5.06. The van der Waals surface area contributed by atoms with Crippen LogP contribution in [0.15, 0.2) is 10.5 Å². The first-order valence-corrected chi connectivity index (χ1v) is 7.54. The first-order chi connectivity index (χ1) is 9.93. The Morgan fingerprint density at radius 2 is 2.19 bits per heavy atom. The number of aliphatic hydroxyl groups is 1. The molecule has 1 aromatic rings. The Hall–Kier alpha value is -1.33. The molecule has 0 radical (unpaired) electrons. The maximum absolute atomic E-state index is 11.5. The summed E-state index contributed by atoms with van der Waals surface area (Å²) in [5.41, 5.74) is -0.154. The van der Waals surface area contributed by atoms with Gasteiger partial charge in [0.15, 0.2) is 0 Å². The summed E-state index contributed by atoms with van der Waals surface area (Å²) in [5.74, 6) is 1.56. The third-order valence-electron chi connectivity index (χ3n) is 4.33. The molecule has 1 heterocycles. The molecule has 0 aliphatic heterocycles. The third-order valence-corrected chi connectivity index (χ3v) is 4.33. The van der Waals surface area contributed by atoms with Gasteiger partial charge < -0.3 is 19.6 Å². The normalized spacial score (nSPS) is 25.8. The van der Waals surface area contributed by atoms with E-state index < -0.39 is 5.60 Å². The number of hydrogen-bond donors (Lipinski definition) is 2. The molecular formula is C16H25NO4. The van der Waals surface area contributed by atoms with Crippen LogP contribution in [-0.4, -0.2) is 30.3 Å². The van der Waals surface area contributed by atoms with Crippen molar-refractivity contribution in [3.05, 3.63) is 23.2 Å². The number of aryl methyl sites for hydroxylation is 1. The fourth-order valence-corrected chi connectivity index (χ4v) is 2.84. The van der Waals surface area contributed by atoms with Gasteiger partial charge in [0.2, 0.25) is 0 Å². The fraction of sp³-hybridized carbons (Fsp3) is 0.688. The lowest BCUT2D eigenvalue weighted by molar-refractivity contribution is -0.00657. The standard InChI is InChI=1S/C16H25NO4/c1-11-4-6-16(19,7-5-11)10-17-9-13-8-14(12(2)21-13)15(18)20-3/h8,11,17,19H,4-7,9-10H2,1-3H3. The van der Waals surface area contributed by atoms with Crippen molar-refractivity contribution in [3.63, 3.8) is 0 Å². The van der Waals surface area contributed by atoms with Crippen LogP contribution in [0.2, 0.25) is 0 Å². The molecule has 1 aromatic heterocycles. The maximum Gasteiger partial charge on any atom is 0.341 e. The van der Waals surface area contributed by atoms with Crippen LogP contribution < -0.4 is 5.32 Å². The van der Waals surface area contributed by atoms with Crippen molar-refractivity contribution in [1.29, 1.82) is 0 Å². The zero-order chi connectivity index (χ0) is 15.5. The lowest BCUT2D eigenvalue weighted by Crippen LogP contribution is -2.43. The third kappa shape index (κ3) is 4.08. The number of esters is 1. The van der Waals surface area contributed by atoms with Gasteiger partial charge in [0.25, 0.3) is 0 Å². The van der Waals surface area contributed by atoms with Gasteiger partial charge in [-0.1, -0.05) is 6.92 Å². The van der Waals surface area contributed by atoms with Crippen LogP contribution >= 0.6 is 0 Å². The van der Waals surface area contributed by atoms with E-state index in [0.29, 0.717) is 36.1 Å². The number of carbonyl (C=O) groups is 1. The number of rotatable bonds is 5. The summed E-state index contributed by atoms with van der Waals surface area (Å²) in [7, 11) is 1.35. The maximum atomic E-state index is 11.5. The van der Waals surface area contributed by atoms with E-state index >= 15 is 0 Å². The molecule has 5 nitrogen and oxygen atoms in total. The first kappa shape index (κ1) is 16.0. The average Bonchev–Trinajstić information content (AvgIpc) is 2.83. The van der Waals surface area contributed by atoms with Crippen LogP contribution in [0.4, 0.5) is 0 Å². The van der Waals surface area contributed by atoms with Gasteiger partial charge in [-0.3, -0.25) is 0 Å². The number of nitrogens with one attached hydrogen (secondary N) is 1. The molecule has 2 N–H and O–H groups in total. The smallest absolute Gasteiger partial charge is 0.341 e. The zero-order valence-electron chi connectivity index (χ0n) is 13.1. The molecule has 0 atom stereocenters. The number of hydrogen-bond acceptors (Lipinski definition) is 5. The molecule has 1 fully saturated rings. The molecule has 1 aliphatic rings. The highest BCUT2D eigenvalue weighted by molar-refractivity contribution is 5.90. The van der Waals surface area contributed by atoms with E-state index in [-0.39, 0.29) is 5.97 Å². The molecule has 0 amide bonds. The Balaban J connectivity index is 1.85. The lowest BCUT2D eigenvalue weighted by atomic mass is 9.79. The molecule has 2 rings (SSSR count). The SMILES string of the molecule is COC(=O)c1cc(CNCC2(O)CCC(C)CC2)oc1C. The fourth-order valence-electron chi connectivity index (χ4n) is 2.84. The summed E-state index contributed by atoms with van der Waals surface area (Å²) in [5, 5.41) is 13.7. The molecule has 5 heteroatoms. The van der Waals surface area contributed by atoms with Crippen molar-refractivity contribution in [2.75, 3.05) is 13.7 Å². The van der Waals surface area contributed by atoms with Crippen molar-refractivity contribution in [3.8, 4) is 0 Å². The minimum absolute atomic E-state index is 0.387. The van der Waals surface area contributed by atoms with Crippen molar-refractivity contribution in [2.45, 2.75) is 51.7 Å². The molecular weight excluding hydrogens is 270 g/mol. The summed E-state index contributed by atoms with van der Waals surface area (Å²) in [6.45, 7) is 5.02. The largest absolute Gasteiger partial charge is 0.465 e. The summed E-state index contributed by atoms with van der Waals surface area (Å²) >= 11 is 0. The van der Waals surface area contributed by atoms with E-state index in [0.717, 1.165) is 25.7 Å². The molecule has 1 aliphatic carbocycles. The number of furan rings is 1. The van der Waals surface area contributed by atoms with Crippen molar-refractivity contribution in [2.24, 2.45) is 5.92 Å². The van der Waals surface area contributed by atoms with E-state index in [2.05, 4.69) is 12.2 Å². The van der Waals surface area contributed by atoms with Crippen molar-refractivity contribution in [1.82, 2.24) is 5.32 Å². The van der Waals surface area contributed by atoms with E-state index in [1.165, 1.54) is 7.11 Å². The van der Waals surface area contributed by atoms with E-state index in [1.807, 2.05) is 0 Å². The Morgan fingerprint density at radius 3 is 2.81 bits per heavy atom. The van der Waals surface area contributed by atoms with E-state index in [4.69, 9.17) is 9.15 Å². The van der Waals surface area contributed by atoms with Gasteiger partial charge in [-0.15, -0.1) is 0 Å². The molecule has 0 unspecified atom stereocenters. The van der Waals surface area contributed by atoms with Gasteiger partial charge in [0.1, 0.15) is 17.1 Å². The van der Waals surface area contributed by atoms with Gasteiger partial charge in [-0.25, -0.2) is 4.79 Å². The molecule has 0 spiro atoms. The molecule has 0 bridgehead atoms. The quantitative estimate of drug-likeness (QED) is 0.816. The van der Waals surface area contributed by atoms with Gasteiger partial charge >= 0.3 is 5.97 Å². The highest BCUT2D eigenvalue weighted by Gasteiger charge is 2.31.